The number of aromatic nitrogens is 1. The van der Waals surface area contributed by atoms with E-state index in [0.29, 0.717) is 12.2 Å². The Morgan fingerprint density at radius 2 is 1.76 bits per heavy atom. The Morgan fingerprint density at radius 1 is 1.10 bits per heavy atom. The van der Waals surface area contributed by atoms with E-state index < -0.39 is 0 Å². The normalized spacial score (nSPS) is 13.3. The fourth-order valence-electron chi connectivity index (χ4n) is 3.60. The first-order valence-electron chi connectivity index (χ1n) is 9.63. The molecule has 6 heteroatoms. The van der Waals surface area contributed by atoms with Gasteiger partial charge in [-0.15, -0.1) is 0 Å². The highest BCUT2D eigenvalue weighted by molar-refractivity contribution is 7.97. The zero-order valence-electron chi connectivity index (χ0n) is 16.9. The maximum absolute atomic E-state index is 12.8. The number of nitrogens with zero attached hydrogens (tertiary/aromatic N) is 2. The van der Waals surface area contributed by atoms with Gasteiger partial charge in [-0.05, 0) is 42.1 Å². The number of amides is 1. The number of carbonyl (C=O) groups is 1. The van der Waals surface area contributed by atoms with E-state index in [-0.39, 0.29) is 5.91 Å². The van der Waals surface area contributed by atoms with Gasteiger partial charge in [-0.2, -0.15) is 0 Å². The van der Waals surface area contributed by atoms with E-state index in [4.69, 9.17) is 4.74 Å². The fraction of sp³-hybridized carbons (Fsp3) is 0.261. The number of hydrogen-bond donors (Lipinski definition) is 1. The van der Waals surface area contributed by atoms with Gasteiger partial charge in [0.15, 0.2) is 0 Å². The number of methoxy groups -OCH3 is 1. The minimum absolute atomic E-state index is 0.0851. The van der Waals surface area contributed by atoms with Crippen LogP contribution >= 0.6 is 11.9 Å². The van der Waals surface area contributed by atoms with Crippen LogP contribution in [0.1, 0.15) is 32.9 Å². The number of rotatable bonds is 6. The highest BCUT2D eigenvalue weighted by Gasteiger charge is 2.22. The molecule has 0 aliphatic carbocycles. The third kappa shape index (κ3) is 4.04. The SMILES string of the molecule is COc1ccccc1CNC(=O)c1cc(SN2Cc3ccccc3C2)c(C)n1C. The third-order valence-electron chi connectivity index (χ3n) is 5.39. The van der Waals surface area contributed by atoms with Gasteiger partial charge in [0.1, 0.15) is 11.4 Å². The predicted octanol–water partition coefficient (Wildman–Crippen LogP) is 4.30. The molecule has 4 rings (SSSR count). The van der Waals surface area contributed by atoms with Crippen molar-refractivity contribution in [2.75, 3.05) is 7.11 Å². The molecule has 150 valence electrons. The average molecular weight is 408 g/mol. The van der Waals surface area contributed by atoms with Crippen LogP contribution in [0.3, 0.4) is 0 Å². The van der Waals surface area contributed by atoms with E-state index in [0.717, 1.165) is 35.0 Å². The van der Waals surface area contributed by atoms with Gasteiger partial charge in [0, 0.05) is 42.8 Å². The van der Waals surface area contributed by atoms with Crippen LogP contribution in [0.15, 0.2) is 59.5 Å². The largest absolute Gasteiger partial charge is 0.496 e. The number of ether oxygens (including phenoxy) is 1. The summed E-state index contributed by atoms with van der Waals surface area (Å²) in [6, 6.07) is 18.3. The number of hydrogen-bond acceptors (Lipinski definition) is 4. The summed E-state index contributed by atoms with van der Waals surface area (Å²) in [6.45, 7) is 4.33. The molecule has 1 amide bonds. The summed E-state index contributed by atoms with van der Waals surface area (Å²) in [7, 11) is 3.58. The van der Waals surface area contributed by atoms with Crippen molar-refractivity contribution in [3.63, 3.8) is 0 Å². The smallest absolute Gasteiger partial charge is 0.268 e. The molecule has 1 aliphatic rings. The van der Waals surface area contributed by atoms with Crippen molar-refractivity contribution >= 4 is 17.9 Å². The second-order valence-corrected chi connectivity index (χ2v) is 8.33. The molecule has 0 spiro atoms. The lowest BCUT2D eigenvalue weighted by Crippen LogP contribution is -2.25. The van der Waals surface area contributed by atoms with Gasteiger partial charge >= 0.3 is 0 Å². The van der Waals surface area contributed by atoms with Crippen LogP contribution in [0.5, 0.6) is 5.75 Å². The molecule has 0 radical (unpaired) electrons. The van der Waals surface area contributed by atoms with Crippen LogP contribution in [0.2, 0.25) is 0 Å². The standard InChI is InChI=1S/C23H25N3O2S/c1-16-22(29-26-14-18-9-4-5-10-19(18)15-26)12-20(25(16)2)23(27)24-13-17-8-6-7-11-21(17)28-3/h4-12H,13-15H2,1-3H3,(H,24,27). The van der Waals surface area contributed by atoms with Gasteiger partial charge in [-0.25, -0.2) is 4.31 Å². The minimum atomic E-state index is -0.0851. The summed E-state index contributed by atoms with van der Waals surface area (Å²) in [4.78, 5) is 13.9. The van der Waals surface area contributed by atoms with Crippen molar-refractivity contribution in [3.05, 3.63) is 82.7 Å². The molecule has 5 nitrogen and oxygen atoms in total. The number of carbonyl (C=O) groups excluding carboxylic acids is 1. The fourth-order valence-corrected chi connectivity index (χ4v) is 4.72. The van der Waals surface area contributed by atoms with Gasteiger partial charge in [-0.3, -0.25) is 4.79 Å². The second kappa shape index (κ2) is 8.35. The van der Waals surface area contributed by atoms with Gasteiger partial charge in [0.25, 0.3) is 5.91 Å². The molecular weight excluding hydrogens is 382 g/mol. The second-order valence-electron chi connectivity index (χ2n) is 7.19. The van der Waals surface area contributed by atoms with Crippen molar-refractivity contribution < 1.29 is 9.53 Å². The van der Waals surface area contributed by atoms with E-state index in [1.807, 2.05) is 41.9 Å². The lowest BCUT2D eigenvalue weighted by Gasteiger charge is -2.13. The summed E-state index contributed by atoms with van der Waals surface area (Å²) in [5, 5.41) is 3.02. The lowest BCUT2D eigenvalue weighted by molar-refractivity contribution is 0.0942. The Labute approximate surface area is 175 Å². The number of fused-ring (bicyclic) bond motifs is 1. The van der Waals surface area contributed by atoms with Gasteiger partial charge in [0.2, 0.25) is 0 Å². The van der Waals surface area contributed by atoms with Crippen molar-refractivity contribution in [2.24, 2.45) is 7.05 Å². The molecule has 2 aromatic carbocycles. The Bertz CT molecular complexity index is 1020. The predicted molar refractivity (Wildman–Crippen MR) is 116 cm³/mol. The van der Waals surface area contributed by atoms with Crippen LogP contribution in [0.25, 0.3) is 0 Å². The van der Waals surface area contributed by atoms with E-state index >= 15 is 0 Å². The van der Waals surface area contributed by atoms with Gasteiger partial charge in [-0.1, -0.05) is 42.5 Å². The summed E-state index contributed by atoms with van der Waals surface area (Å²) in [6.07, 6.45) is 0. The summed E-state index contributed by atoms with van der Waals surface area (Å²) in [5.74, 6) is 0.693. The first-order valence-corrected chi connectivity index (χ1v) is 10.4. The van der Waals surface area contributed by atoms with Crippen molar-refractivity contribution in [1.29, 1.82) is 0 Å². The van der Waals surface area contributed by atoms with Crippen LogP contribution in [-0.2, 0) is 26.7 Å². The molecule has 1 aromatic heterocycles. The summed E-state index contributed by atoms with van der Waals surface area (Å²) >= 11 is 1.72. The van der Waals surface area contributed by atoms with Gasteiger partial charge in [0.05, 0.1) is 7.11 Å². The van der Waals surface area contributed by atoms with Crippen molar-refractivity contribution in [2.45, 2.75) is 31.5 Å². The first-order chi connectivity index (χ1) is 14.1. The molecule has 1 N–H and O–H groups in total. The average Bonchev–Trinajstić information content (AvgIpc) is 3.28. The minimum Gasteiger partial charge on any atom is -0.496 e. The Balaban J connectivity index is 1.44. The number of nitrogens with one attached hydrogen (secondary N) is 1. The van der Waals surface area contributed by atoms with Crippen LogP contribution in [-0.4, -0.2) is 21.9 Å². The van der Waals surface area contributed by atoms with Crippen molar-refractivity contribution in [3.8, 4) is 5.75 Å². The van der Waals surface area contributed by atoms with Crippen LogP contribution in [0, 0.1) is 6.92 Å². The number of para-hydroxylation sites is 1. The van der Waals surface area contributed by atoms with E-state index in [9.17, 15) is 4.79 Å². The maximum Gasteiger partial charge on any atom is 0.268 e. The highest BCUT2D eigenvalue weighted by Crippen LogP contribution is 2.35. The molecule has 29 heavy (non-hydrogen) atoms. The molecule has 0 atom stereocenters. The lowest BCUT2D eigenvalue weighted by atomic mass is 10.1. The third-order valence-corrected chi connectivity index (χ3v) is 6.52. The summed E-state index contributed by atoms with van der Waals surface area (Å²) < 4.78 is 9.66. The molecular formula is C23H25N3O2S. The molecule has 0 bridgehead atoms. The van der Waals surface area contributed by atoms with E-state index in [1.54, 1.807) is 19.1 Å². The highest BCUT2D eigenvalue weighted by atomic mass is 32.2. The molecule has 2 heterocycles. The maximum atomic E-state index is 12.8. The van der Waals surface area contributed by atoms with E-state index in [2.05, 4.69) is 40.8 Å². The zero-order chi connectivity index (χ0) is 20.4. The quantitative estimate of drug-likeness (QED) is 0.619. The Morgan fingerprint density at radius 3 is 2.45 bits per heavy atom. The van der Waals surface area contributed by atoms with E-state index in [1.165, 1.54) is 11.1 Å². The molecule has 1 aliphatic heterocycles. The van der Waals surface area contributed by atoms with Gasteiger partial charge < -0.3 is 14.6 Å². The van der Waals surface area contributed by atoms with Crippen LogP contribution in [0.4, 0.5) is 0 Å². The molecule has 3 aromatic rings. The van der Waals surface area contributed by atoms with Crippen LogP contribution < -0.4 is 10.1 Å². The topological polar surface area (TPSA) is 46.5 Å². The Kier molecular flexibility index (Phi) is 5.65. The monoisotopic (exact) mass is 407 g/mol. The molecule has 0 saturated carbocycles. The summed E-state index contributed by atoms with van der Waals surface area (Å²) in [5.41, 5.74) is 5.47. The van der Waals surface area contributed by atoms with Crippen molar-refractivity contribution in [1.82, 2.24) is 14.2 Å². The molecule has 0 fully saturated rings. The molecule has 0 saturated heterocycles. The number of benzene rings is 2. The zero-order valence-corrected chi connectivity index (χ0v) is 17.8. The molecule has 0 unspecified atom stereocenters. The first kappa shape index (κ1) is 19.6. The Hall–Kier alpha value is -2.70.